The van der Waals surface area contributed by atoms with E-state index in [0.717, 1.165) is 17.7 Å². The topological polar surface area (TPSA) is 75.5 Å². The zero-order chi connectivity index (χ0) is 23.3. The quantitative estimate of drug-likeness (QED) is 0.726. The van der Waals surface area contributed by atoms with E-state index in [9.17, 15) is 13.2 Å². The van der Waals surface area contributed by atoms with Crippen LogP contribution in [0.15, 0.2) is 53.1 Å². The fraction of sp³-hybridized carbons (Fsp3) is 0.304. The van der Waals surface area contributed by atoms with Gasteiger partial charge < -0.3 is 15.0 Å². The molecular weight excluding hydrogens is 433 g/mol. The predicted molar refractivity (Wildman–Crippen MR) is 122 cm³/mol. The van der Waals surface area contributed by atoms with Gasteiger partial charge in [0.25, 0.3) is 0 Å². The summed E-state index contributed by atoms with van der Waals surface area (Å²) in [5.74, 6) is 1.74. The number of hydrogen-bond donors (Lipinski definition) is 1. The maximum absolute atomic E-state index is 13.0. The Labute approximate surface area is 189 Å². The molecule has 0 amide bonds. The Hall–Kier alpha value is -3.53. The number of morpholine rings is 1. The summed E-state index contributed by atoms with van der Waals surface area (Å²) >= 11 is 0. The van der Waals surface area contributed by atoms with Crippen LogP contribution in [0, 0.1) is 0 Å². The molecule has 0 atom stereocenters. The number of benzene rings is 1. The van der Waals surface area contributed by atoms with Gasteiger partial charge in [-0.3, -0.25) is 4.99 Å². The van der Waals surface area contributed by atoms with Crippen LogP contribution >= 0.6 is 0 Å². The number of allylic oxidation sites excluding steroid dienone is 1. The van der Waals surface area contributed by atoms with Crippen LogP contribution in [0.4, 0.5) is 25.1 Å². The van der Waals surface area contributed by atoms with Crippen molar-refractivity contribution < 1.29 is 17.9 Å². The monoisotopic (exact) mass is 456 g/mol. The van der Waals surface area contributed by atoms with E-state index in [1.807, 2.05) is 30.1 Å². The average Bonchev–Trinajstić information content (AvgIpc) is 3.25. The Kier molecular flexibility index (Phi) is 6.83. The molecule has 1 aromatic carbocycles. The molecule has 33 heavy (non-hydrogen) atoms. The highest BCUT2D eigenvalue weighted by Crippen LogP contribution is 2.30. The standard InChI is InChI=1S/C23H23F3N6O/c1-2-4-17-14-20(27-15-17)29-21-28-19(30-22(31-21)32-9-11-33-12-10-32)8-7-16-5-3-6-18(13-16)23(24,25)26/h2-8,13-14H,9-12,15H2,1H3,(H,27,28,29,30,31)/b4-2+,8-7+. The minimum Gasteiger partial charge on any atom is -0.378 e. The Balaban J connectivity index is 1.61. The van der Waals surface area contributed by atoms with Gasteiger partial charge in [0.2, 0.25) is 11.9 Å². The third kappa shape index (κ3) is 6.04. The van der Waals surface area contributed by atoms with Crippen molar-refractivity contribution in [3.63, 3.8) is 0 Å². The number of ether oxygens (including phenoxy) is 1. The third-order valence-electron chi connectivity index (χ3n) is 4.95. The highest BCUT2D eigenvalue weighted by molar-refractivity contribution is 6.05. The number of alkyl halides is 3. The lowest BCUT2D eigenvalue weighted by Crippen LogP contribution is -2.37. The molecule has 4 rings (SSSR count). The lowest BCUT2D eigenvalue weighted by molar-refractivity contribution is -0.137. The largest absolute Gasteiger partial charge is 0.416 e. The molecule has 1 fully saturated rings. The highest BCUT2D eigenvalue weighted by atomic mass is 19.4. The van der Waals surface area contributed by atoms with Crippen LogP contribution in [0.25, 0.3) is 12.2 Å². The molecule has 0 saturated carbocycles. The second kappa shape index (κ2) is 9.95. The van der Waals surface area contributed by atoms with Gasteiger partial charge in [-0.1, -0.05) is 30.4 Å². The van der Waals surface area contributed by atoms with Gasteiger partial charge >= 0.3 is 6.18 Å². The average molecular weight is 456 g/mol. The van der Waals surface area contributed by atoms with Gasteiger partial charge in [0.05, 0.1) is 25.3 Å². The molecule has 0 bridgehead atoms. The van der Waals surface area contributed by atoms with Crippen LogP contribution < -0.4 is 10.2 Å². The van der Waals surface area contributed by atoms with Gasteiger partial charge in [0, 0.05) is 13.1 Å². The van der Waals surface area contributed by atoms with Crippen molar-refractivity contribution in [2.45, 2.75) is 13.1 Å². The molecule has 1 aromatic heterocycles. The van der Waals surface area contributed by atoms with Crippen molar-refractivity contribution in [1.82, 2.24) is 15.0 Å². The molecule has 1 N–H and O–H groups in total. The number of halogens is 3. The van der Waals surface area contributed by atoms with E-state index in [2.05, 4.69) is 25.3 Å². The number of aromatic nitrogens is 3. The molecule has 2 aliphatic rings. The van der Waals surface area contributed by atoms with Gasteiger partial charge in [-0.25, -0.2) is 0 Å². The smallest absolute Gasteiger partial charge is 0.378 e. The molecule has 2 aliphatic heterocycles. The zero-order valence-corrected chi connectivity index (χ0v) is 18.0. The van der Waals surface area contributed by atoms with Crippen molar-refractivity contribution in [3.8, 4) is 0 Å². The summed E-state index contributed by atoms with van der Waals surface area (Å²) in [4.78, 5) is 19.8. The molecule has 0 spiro atoms. The molecule has 172 valence electrons. The number of rotatable bonds is 5. The second-order valence-corrected chi connectivity index (χ2v) is 7.42. The van der Waals surface area contributed by atoms with Gasteiger partial charge in [0.15, 0.2) is 5.82 Å². The van der Waals surface area contributed by atoms with E-state index in [4.69, 9.17) is 4.74 Å². The lowest BCUT2D eigenvalue weighted by atomic mass is 10.1. The van der Waals surface area contributed by atoms with Crippen molar-refractivity contribution >= 4 is 29.9 Å². The number of nitrogens with one attached hydrogen (secondary N) is 1. The maximum atomic E-state index is 13.0. The number of anilines is 2. The highest BCUT2D eigenvalue weighted by Gasteiger charge is 2.30. The molecule has 1 saturated heterocycles. The van der Waals surface area contributed by atoms with E-state index in [-0.39, 0.29) is 0 Å². The van der Waals surface area contributed by atoms with E-state index < -0.39 is 11.7 Å². The Morgan fingerprint density at radius 2 is 1.88 bits per heavy atom. The van der Waals surface area contributed by atoms with Gasteiger partial charge in [0.1, 0.15) is 5.84 Å². The first-order chi connectivity index (χ1) is 15.9. The summed E-state index contributed by atoms with van der Waals surface area (Å²) in [7, 11) is 0. The molecule has 0 radical (unpaired) electrons. The molecule has 7 nitrogen and oxygen atoms in total. The molecular formula is C23H23F3N6O. The normalized spacial score (nSPS) is 17.0. The number of hydrogen-bond acceptors (Lipinski definition) is 7. The lowest BCUT2D eigenvalue weighted by Gasteiger charge is -2.27. The summed E-state index contributed by atoms with van der Waals surface area (Å²) in [6.45, 7) is 4.89. The summed E-state index contributed by atoms with van der Waals surface area (Å²) < 4.78 is 44.4. The molecule has 0 aliphatic carbocycles. The van der Waals surface area contributed by atoms with Crippen molar-refractivity contribution in [2.24, 2.45) is 4.99 Å². The van der Waals surface area contributed by atoms with Gasteiger partial charge in [-0.2, -0.15) is 28.1 Å². The minimum atomic E-state index is -4.40. The molecule has 10 heteroatoms. The second-order valence-electron chi connectivity index (χ2n) is 7.42. The van der Waals surface area contributed by atoms with Crippen LogP contribution in [-0.4, -0.2) is 53.6 Å². The fourth-order valence-electron chi connectivity index (χ4n) is 3.35. The van der Waals surface area contributed by atoms with Crippen LogP contribution in [0.3, 0.4) is 0 Å². The minimum absolute atomic E-state index is 0.312. The third-order valence-corrected chi connectivity index (χ3v) is 4.95. The predicted octanol–water partition coefficient (Wildman–Crippen LogP) is 4.22. The van der Waals surface area contributed by atoms with Crippen LogP contribution in [0.2, 0.25) is 0 Å². The van der Waals surface area contributed by atoms with E-state index >= 15 is 0 Å². The zero-order valence-electron chi connectivity index (χ0n) is 18.0. The van der Waals surface area contributed by atoms with E-state index in [1.54, 1.807) is 18.2 Å². The van der Waals surface area contributed by atoms with Crippen LogP contribution in [0.1, 0.15) is 23.9 Å². The number of aliphatic imine (C=N–C) groups is 1. The Bertz CT molecular complexity index is 1120. The molecule has 3 heterocycles. The van der Waals surface area contributed by atoms with Crippen LogP contribution in [-0.2, 0) is 10.9 Å². The van der Waals surface area contributed by atoms with Crippen molar-refractivity contribution in [2.75, 3.05) is 43.1 Å². The van der Waals surface area contributed by atoms with E-state index in [1.165, 1.54) is 6.07 Å². The SMILES string of the molecule is C/C=C/C1=CC(Nc2nc(/C=C/c3cccc(C(F)(F)F)c3)nc(N3CCOCC3)n2)=NC1. The summed E-state index contributed by atoms with van der Waals surface area (Å²) in [5.41, 5.74) is 0.749. The summed E-state index contributed by atoms with van der Waals surface area (Å²) in [5, 5.41) is 3.11. The Morgan fingerprint density at radius 1 is 1.06 bits per heavy atom. The summed E-state index contributed by atoms with van der Waals surface area (Å²) in [6, 6.07) is 5.09. The fourth-order valence-corrected chi connectivity index (χ4v) is 3.35. The first-order valence-corrected chi connectivity index (χ1v) is 10.5. The van der Waals surface area contributed by atoms with Crippen molar-refractivity contribution in [3.05, 3.63) is 65.0 Å². The van der Waals surface area contributed by atoms with Gasteiger partial charge in [-0.15, -0.1) is 0 Å². The van der Waals surface area contributed by atoms with Crippen LogP contribution in [0.5, 0.6) is 0 Å². The Morgan fingerprint density at radius 3 is 2.64 bits per heavy atom. The van der Waals surface area contributed by atoms with E-state index in [0.29, 0.717) is 62.0 Å². The van der Waals surface area contributed by atoms with Crippen molar-refractivity contribution in [1.29, 1.82) is 0 Å². The molecule has 2 aromatic rings. The summed E-state index contributed by atoms with van der Waals surface area (Å²) in [6.07, 6.45) is 4.56. The number of nitrogens with zero attached hydrogens (tertiary/aromatic N) is 5. The number of amidine groups is 1. The maximum Gasteiger partial charge on any atom is 0.416 e. The first-order valence-electron chi connectivity index (χ1n) is 10.5. The molecule has 0 unspecified atom stereocenters. The first kappa shape index (κ1) is 22.7. The van der Waals surface area contributed by atoms with Gasteiger partial charge in [-0.05, 0) is 42.3 Å².